The Bertz CT molecular complexity index is 1110. The molecule has 0 fully saturated rings. The molecular weight excluding hydrogens is 819 g/mol. The predicted octanol–water partition coefficient (Wildman–Crippen LogP) is 20.0. The van der Waals surface area contributed by atoms with Crippen molar-refractivity contribution in [2.24, 2.45) is 0 Å². The number of amides is 1. The number of nitrogens with one attached hydrogen (secondary N) is 1. The molecule has 4 heteroatoms. The molecule has 0 aliphatic heterocycles. The quantitative estimate of drug-likeness (QED) is 0.0420. The summed E-state index contributed by atoms with van der Waals surface area (Å²) in [4.78, 5) is 12.5. The zero-order chi connectivity index (χ0) is 48.5. The summed E-state index contributed by atoms with van der Waals surface area (Å²) in [5.74, 6) is -0.0710. The highest BCUT2D eigenvalue weighted by Gasteiger charge is 2.18. The number of unbranched alkanes of at least 4 members (excludes halogenated alkanes) is 40. The van der Waals surface area contributed by atoms with Crippen LogP contribution in [0.2, 0.25) is 0 Å². The van der Waals surface area contributed by atoms with Crippen molar-refractivity contribution < 1.29 is 15.0 Å². The van der Waals surface area contributed by atoms with E-state index in [1.807, 2.05) is 6.08 Å². The second-order valence-electron chi connectivity index (χ2n) is 20.4. The Morgan fingerprint density at radius 2 is 0.627 bits per heavy atom. The van der Waals surface area contributed by atoms with Crippen molar-refractivity contribution in [2.45, 2.75) is 328 Å². The first-order valence-corrected chi connectivity index (χ1v) is 30.0. The number of rotatable bonds is 55. The van der Waals surface area contributed by atoms with Gasteiger partial charge in [0.05, 0.1) is 18.8 Å². The SMILES string of the molecule is CCCCCCC/C=C\C/C=C\C/C=C\CCCCCCCCCCCCCCCCCCC(=O)NC(CO)C(O)/C=C/CC/C=C/CCCCCCCCCCCCCCCCCCCC. The van der Waals surface area contributed by atoms with Gasteiger partial charge in [-0.05, 0) is 70.6 Å². The fraction of sp³-hybridized carbons (Fsp3) is 0.825. The number of aliphatic hydroxyl groups is 2. The standard InChI is InChI=1S/C63H117NO3/c1-3-5-7-9-11-13-15-17-19-21-23-25-27-29-30-31-32-33-34-35-37-39-41-43-45-47-49-51-53-55-57-59-63(67)64-61(60-65)62(66)58-56-54-52-50-48-46-44-42-40-38-36-28-26-24-22-20-18-16-14-12-10-8-6-4-2/h15,17,21,23,27,29,48,50,56,58,61-62,65-66H,3-14,16,18-20,22,24-26,28,30-47,49,51-55,57,59-60H2,1-2H3,(H,64,67)/b17-15-,23-21-,29-27-,50-48+,58-56+. The lowest BCUT2D eigenvalue weighted by molar-refractivity contribution is -0.123. The van der Waals surface area contributed by atoms with Gasteiger partial charge in [-0.3, -0.25) is 4.79 Å². The van der Waals surface area contributed by atoms with Crippen molar-refractivity contribution >= 4 is 5.91 Å². The average Bonchev–Trinajstić information content (AvgIpc) is 3.33. The Balaban J connectivity index is 3.51. The van der Waals surface area contributed by atoms with Crippen molar-refractivity contribution in [3.05, 3.63) is 60.8 Å². The molecule has 0 heterocycles. The molecule has 67 heavy (non-hydrogen) atoms. The maximum absolute atomic E-state index is 12.5. The Kier molecular flexibility index (Phi) is 56.7. The van der Waals surface area contributed by atoms with Crippen LogP contribution < -0.4 is 5.32 Å². The lowest BCUT2D eigenvalue weighted by Gasteiger charge is -2.19. The van der Waals surface area contributed by atoms with Gasteiger partial charge in [-0.1, -0.05) is 299 Å². The first-order valence-electron chi connectivity index (χ1n) is 30.0. The van der Waals surface area contributed by atoms with E-state index in [9.17, 15) is 15.0 Å². The molecule has 1 amide bonds. The van der Waals surface area contributed by atoms with Gasteiger partial charge in [0.25, 0.3) is 0 Å². The van der Waals surface area contributed by atoms with Crippen LogP contribution in [0.15, 0.2) is 60.8 Å². The second-order valence-corrected chi connectivity index (χ2v) is 20.4. The van der Waals surface area contributed by atoms with Crippen LogP contribution in [0.4, 0.5) is 0 Å². The summed E-state index contributed by atoms with van der Waals surface area (Å²) in [5.41, 5.74) is 0. The van der Waals surface area contributed by atoms with E-state index in [2.05, 4.69) is 67.8 Å². The molecule has 392 valence electrons. The highest BCUT2D eigenvalue weighted by molar-refractivity contribution is 5.76. The minimum absolute atomic E-state index is 0.0710. The van der Waals surface area contributed by atoms with Gasteiger partial charge in [-0.25, -0.2) is 0 Å². The van der Waals surface area contributed by atoms with Gasteiger partial charge in [-0.15, -0.1) is 0 Å². The smallest absolute Gasteiger partial charge is 0.220 e. The largest absolute Gasteiger partial charge is 0.394 e. The second kappa shape index (κ2) is 58.4. The molecule has 2 atom stereocenters. The number of hydrogen-bond donors (Lipinski definition) is 3. The van der Waals surface area contributed by atoms with Gasteiger partial charge >= 0.3 is 0 Å². The van der Waals surface area contributed by atoms with Crippen LogP contribution in [0.5, 0.6) is 0 Å². The van der Waals surface area contributed by atoms with E-state index in [1.54, 1.807) is 6.08 Å². The van der Waals surface area contributed by atoms with E-state index < -0.39 is 12.1 Å². The van der Waals surface area contributed by atoms with Crippen LogP contribution in [-0.2, 0) is 4.79 Å². The van der Waals surface area contributed by atoms with Crippen LogP contribution in [0.3, 0.4) is 0 Å². The summed E-state index contributed by atoms with van der Waals surface area (Å²) >= 11 is 0. The number of hydrogen-bond acceptors (Lipinski definition) is 3. The highest BCUT2D eigenvalue weighted by atomic mass is 16.3. The molecule has 0 aromatic heterocycles. The molecule has 0 saturated heterocycles. The molecule has 0 aromatic rings. The summed E-state index contributed by atoms with van der Waals surface area (Å²) in [6.45, 7) is 4.31. The molecular formula is C63H117NO3. The molecule has 0 bridgehead atoms. The first kappa shape index (κ1) is 65.1. The number of carbonyl (C=O) groups excluding carboxylic acids is 1. The lowest BCUT2D eigenvalue weighted by Crippen LogP contribution is -2.45. The van der Waals surface area contributed by atoms with Crippen LogP contribution in [0, 0.1) is 0 Å². The molecule has 0 spiro atoms. The summed E-state index contributed by atoms with van der Waals surface area (Å²) < 4.78 is 0. The lowest BCUT2D eigenvalue weighted by atomic mass is 10.0. The van der Waals surface area contributed by atoms with Crippen molar-refractivity contribution in [1.29, 1.82) is 0 Å². The van der Waals surface area contributed by atoms with E-state index in [0.29, 0.717) is 6.42 Å². The van der Waals surface area contributed by atoms with Crippen molar-refractivity contribution in [1.82, 2.24) is 5.32 Å². The fourth-order valence-corrected chi connectivity index (χ4v) is 9.15. The van der Waals surface area contributed by atoms with Gasteiger partial charge in [0, 0.05) is 6.42 Å². The van der Waals surface area contributed by atoms with Gasteiger partial charge in [0.1, 0.15) is 0 Å². The summed E-state index contributed by atoms with van der Waals surface area (Å²) in [6, 6.07) is -0.642. The van der Waals surface area contributed by atoms with Gasteiger partial charge < -0.3 is 15.5 Å². The minimum atomic E-state index is -0.865. The van der Waals surface area contributed by atoms with E-state index in [1.165, 1.54) is 250 Å². The zero-order valence-corrected chi connectivity index (χ0v) is 45.2. The van der Waals surface area contributed by atoms with Crippen molar-refractivity contribution in [2.75, 3.05) is 6.61 Å². The van der Waals surface area contributed by atoms with E-state index >= 15 is 0 Å². The highest BCUT2D eigenvalue weighted by Crippen LogP contribution is 2.17. The number of carbonyl (C=O) groups is 1. The zero-order valence-electron chi connectivity index (χ0n) is 45.2. The van der Waals surface area contributed by atoms with Crippen LogP contribution in [0.1, 0.15) is 316 Å². The summed E-state index contributed by atoms with van der Waals surface area (Å²) in [5, 5.41) is 23.2. The third-order valence-corrected chi connectivity index (χ3v) is 13.7. The maximum Gasteiger partial charge on any atom is 0.220 e. The van der Waals surface area contributed by atoms with Gasteiger partial charge in [0.2, 0.25) is 5.91 Å². The van der Waals surface area contributed by atoms with E-state index in [-0.39, 0.29) is 12.5 Å². The van der Waals surface area contributed by atoms with Crippen LogP contribution in [-0.4, -0.2) is 34.9 Å². The molecule has 0 saturated carbocycles. The molecule has 2 unspecified atom stereocenters. The maximum atomic E-state index is 12.5. The molecule has 0 aliphatic carbocycles. The topological polar surface area (TPSA) is 69.6 Å². The molecule has 0 aliphatic rings. The molecule has 0 aromatic carbocycles. The summed E-state index contributed by atoms with van der Waals surface area (Å²) in [7, 11) is 0. The monoisotopic (exact) mass is 936 g/mol. The van der Waals surface area contributed by atoms with Crippen molar-refractivity contribution in [3.8, 4) is 0 Å². The first-order chi connectivity index (χ1) is 33.2. The third-order valence-electron chi connectivity index (χ3n) is 13.7. The minimum Gasteiger partial charge on any atom is -0.394 e. The van der Waals surface area contributed by atoms with Crippen LogP contribution in [0.25, 0.3) is 0 Å². The molecule has 0 radical (unpaired) electrons. The normalized spacial score (nSPS) is 13.2. The molecule has 4 nitrogen and oxygen atoms in total. The predicted molar refractivity (Wildman–Crippen MR) is 299 cm³/mol. The number of allylic oxidation sites excluding steroid dienone is 9. The molecule has 0 rings (SSSR count). The van der Waals surface area contributed by atoms with Crippen molar-refractivity contribution in [3.63, 3.8) is 0 Å². The Hall–Kier alpha value is -1.91. The third kappa shape index (κ3) is 54.9. The Morgan fingerprint density at radius 3 is 0.970 bits per heavy atom. The fourth-order valence-electron chi connectivity index (χ4n) is 9.15. The Labute approximate surface area is 419 Å². The van der Waals surface area contributed by atoms with E-state index in [0.717, 1.165) is 44.9 Å². The number of aliphatic hydroxyl groups excluding tert-OH is 2. The van der Waals surface area contributed by atoms with E-state index in [4.69, 9.17) is 0 Å². The van der Waals surface area contributed by atoms with Gasteiger partial charge in [0.15, 0.2) is 0 Å². The van der Waals surface area contributed by atoms with Crippen LogP contribution >= 0.6 is 0 Å². The molecule has 3 N–H and O–H groups in total. The average molecular weight is 937 g/mol. The summed E-state index contributed by atoms with van der Waals surface area (Å²) in [6.07, 6.45) is 82.6. The van der Waals surface area contributed by atoms with Gasteiger partial charge in [-0.2, -0.15) is 0 Å². The Morgan fingerprint density at radius 1 is 0.358 bits per heavy atom.